The predicted molar refractivity (Wildman–Crippen MR) is 71.9 cm³/mol. The van der Waals surface area contributed by atoms with Gasteiger partial charge < -0.3 is 10.6 Å². The average molecular weight is 282 g/mol. The highest BCUT2D eigenvalue weighted by atomic mass is 32.2. The van der Waals surface area contributed by atoms with Crippen molar-refractivity contribution in [3.8, 4) is 0 Å². The topological polar surface area (TPSA) is 88.3 Å². The van der Waals surface area contributed by atoms with Crippen LogP contribution in [0.3, 0.4) is 0 Å². The van der Waals surface area contributed by atoms with Crippen LogP contribution in [0, 0.1) is 5.92 Å². The maximum Gasteiger partial charge on any atom is 0.244 e. The number of nitrogens with two attached hydrogens (primary N) is 1. The normalized spacial score (nSPS) is 30.4. The van der Waals surface area contributed by atoms with Crippen molar-refractivity contribution in [1.82, 2.24) is 14.6 Å². The summed E-state index contributed by atoms with van der Waals surface area (Å²) in [6.45, 7) is 2.96. The van der Waals surface area contributed by atoms with Crippen molar-refractivity contribution < 1.29 is 8.42 Å². The van der Waals surface area contributed by atoms with Crippen LogP contribution in [0.4, 0.5) is 5.69 Å². The van der Waals surface area contributed by atoms with E-state index in [-0.39, 0.29) is 16.6 Å². The lowest BCUT2D eigenvalue weighted by atomic mass is 9.85. The quantitative estimate of drug-likeness (QED) is 0.817. The van der Waals surface area contributed by atoms with Gasteiger partial charge in [0.05, 0.1) is 5.69 Å². The molecule has 1 atom stereocenters. The number of hydrogen-bond donors (Lipinski definition) is 2. The fraction of sp³-hybridized carbons (Fsp3) is 0.583. The van der Waals surface area contributed by atoms with E-state index in [1.54, 1.807) is 0 Å². The maximum atomic E-state index is 12.3. The van der Waals surface area contributed by atoms with Gasteiger partial charge in [0.2, 0.25) is 10.0 Å². The lowest BCUT2D eigenvalue weighted by Gasteiger charge is -2.44. The Morgan fingerprint density at radius 1 is 1.37 bits per heavy atom. The van der Waals surface area contributed by atoms with Crippen molar-refractivity contribution in [2.75, 3.05) is 25.4 Å². The van der Waals surface area contributed by atoms with Crippen LogP contribution >= 0.6 is 0 Å². The Labute approximate surface area is 113 Å². The molecule has 19 heavy (non-hydrogen) atoms. The first-order chi connectivity index (χ1) is 9.06. The number of anilines is 1. The second-order valence-corrected chi connectivity index (χ2v) is 6.96. The SMILES string of the molecule is Nc1ccncc1S(=O)(=O)NC1CN2CCC1CC2. The second kappa shape index (κ2) is 4.73. The van der Waals surface area contributed by atoms with Gasteiger partial charge in [-0.2, -0.15) is 0 Å². The molecule has 0 aromatic carbocycles. The number of hydrogen-bond acceptors (Lipinski definition) is 5. The van der Waals surface area contributed by atoms with E-state index in [1.165, 1.54) is 18.5 Å². The van der Waals surface area contributed by atoms with Crippen molar-refractivity contribution in [2.45, 2.75) is 23.8 Å². The molecule has 1 aromatic rings. The molecular weight excluding hydrogens is 264 g/mol. The summed E-state index contributed by atoms with van der Waals surface area (Å²) in [6, 6.07) is 1.50. The minimum absolute atomic E-state index is 0.00731. The van der Waals surface area contributed by atoms with Crippen LogP contribution < -0.4 is 10.5 Å². The molecule has 0 radical (unpaired) electrons. The molecule has 4 heterocycles. The predicted octanol–water partition coefficient (Wildman–Crippen LogP) is 0.0363. The van der Waals surface area contributed by atoms with E-state index < -0.39 is 10.0 Å². The van der Waals surface area contributed by atoms with E-state index >= 15 is 0 Å². The summed E-state index contributed by atoms with van der Waals surface area (Å²) in [5.41, 5.74) is 5.96. The number of pyridine rings is 1. The van der Waals surface area contributed by atoms with Crippen molar-refractivity contribution >= 4 is 15.7 Å². The molecule has 3 aliphatic heterocycles. The van der Waals surface area contributed by atoms with Gasteiger partial charge in [-0.1, -0.05) is 0 Å². The molecule has 0 saturated carbocycles. The van der Waals surface area contributed by atoms with Gasteiger partial charge in [-0.05, 0) is 37.9 Å². The molecule has 0 amide bonds. The molecule has 3 N–H and O–H groups in total. The summed E-state index contributed by atoms with van der Waals surface area (Å²) in [7, 11) is -3.58. The standard InChI is InChI=1S/C12H18N4O2S/c13-10-1-4-14-7-12(10)19(17,18)15-11-8-16-5-2-9(11)3-6-16/h1,4,7,9,11,15H,2-3,5-6,8H2,(H2,13,14). The Balaban J connectivity index is 1.81. The third-order valence-electron chi connectivity index (χ3n) is 4.07. The zero-order valence-corrected chi connectivity index (χ0v) is 11.4. The Morgan fingerprint density at radius 2 is 2.11 bits per heavy atom. The molecule has 0 aliphatic carbocycles. The first kappa shape index (κ1) is 12.8. The first-order valence-corrected chi connectivity index (χ1v) is 7.99. The van der Waals surface area contributed by atoms with Crippen molar-refractivity contribution in [3.05, 3.63) is 18.5 Å². The number of piperidine rings is 3. The molecular formula is C12H18N4O2S. The summed E-state index contributed by atoms with van der Waals surface area (Å²) in [6.07, 6.45) is 4.92. The maximum absolute atomic E-state index is 12.3. The smallest absolute Gasteiger partial charge is 0.244 e. The molecule has 4 rings (SSSR count). The van der Waals surface area contributed by atoms with Gasteiger partial charge in [-0.25, -0.2) is 13.1 Å². The van der Waals surface area contributed by atoms with Crippen LogP contribution in [0.15, 0.2) is 23.4 Å². The van der Waals surface area contributed by atoms with Crippen LogP contribution in [0.25, 0.3) is 0 Å². The summed E-state index contributed by atoms with van der Waals surface area (Å²) in [5.74, 6) is 0.442. The van der Waals surface area contributed by atoms with Gasteiger partial charge in [0, 0.05) is 25.0 Å². The molecule has 3 fully saturated rings. The van der Waals surface area contributed by atoms with Gasteiger partial charge in [0.1, 0.15) is 4.90 Å². The van der Waals surface area contributed by atoms with Crippen LogP contribution in [-0.2, 0) is 10.0 Å². The number of nitrogen functional groups attached to an aromatic ring is 1. The van der Waals surface area contributed by atoms with E-state index in [0.717, 1.165) is 32.5 Å². The summed E-state index contributed by atoms with van der Waals surface area (Å²) in [5, 5.41) is 0. The Hall–Kier alpha value is -1.18. The Kier molecular flexibility index (Phi) is 3.20. The molecule has 1 aromatic heterocycles. The molecule has 1 unspecified atom stereocenters. The van der Waals surface area contributed by atoms with Crippen LogP contribution in [0.5, 0.6) is 0 Å². The number of nitrogens with zero attached hydrogens (tertiary/aromatic N) is 2. The highest BCUT2D eigenvalue weighted by Crippen LogP contribution is 2.29. The zero-order chi connectivity index (χ0) is 13.5. The molecule has 7 heteroatoms. The third-order valence-corrected chi connectivity index (χ3v) is 5.60. The molecule has 0 spiro atoms. The van der Waals surface area contributed by atoms with E-state index in [4.69, 9.17) is 5.73 Å². The lowest BCUT2D eigenvalue weighted by molar-refractivity contribution is 0.0827. The number of fused-ring (bicyclic) bond motifs is 3. The van der Waals surface area contributed by atoms with E-state index in [2.05, 4.69) is 14.6 Å². The molecule has 6 nitrogen and oxygen atoms in total. The van der Waals surface area contributed by atoms with Crippen molar-refractivity contribution in [1.29, 1.82) is 0 Å². The third kappa shape index (κ3) is 2.45. The highest BCUT2D eigenvalue weighted by molar-refractivity contribution is 7.89. The number of rotatable bonds is 3. The van der Waals surface area contributed by atoms with Gasteiger partial charge in [-0.3, -0.25) is 4.98 Å². The van der Waals surface area contributed by atoms with Gasteiger partial charge >= 0.3 is 0 Å². The van der Waals surface area contributed by atoms with Crippen molar-refractivity contribution in [2.24, 2.45) is 5.92 Å². The summed E-state index contributed by atoms with van der Waals surface area (Å²) >= 11 is 0. The number of aromatic nitrogens is 1. The van der Waals surface area contributed by atoms with Gasteiger partial charge in [0.15, 0.2) is 0 Å². The first-order valence-electron chi connectivity index (χ1n) is 6.50. The molecule has 3 saturated heterocycles. The van der Waals surface area contributed by atoms with Crippen molar-refractivity contribution in [3.63, 3.8) is 0 Å². The summed E-state index contributed by atoms with van der Waals surface area (Å²) < 4.78 is 27.5. The van der Waals surface area contributed by atoms with E-state index in [1.807, 2.05) is 0 Å². The second-order valence-electron chi connectivity index (χ2n) is 5.28. The average Bonchev–Trinajstić information content (AvgIpc) is 2.40. The van der Waals surface area contributed by atoms with Crippen LogP contribution in [-0.4, -0.2) is 44.0 Å². The minimum Gasteiger partial charge on any atom is -0.398 e. The largest absolute Gasteiger partial charge is 0.398 e. The number of sulfonamides is 1. The Morgan fingerprint density at radius 3 is 2.68 bits per heavy atom. The highest BCUT2D eigenvalue weighted by Gasteiger charge is 2.36. The minimum atomic E-state index is -3.58. The van der Waals surface area contributed by atoms with E-state index in [9.17, 15) is 8.42 Å². The van der Waals surface area contributed by atoms with Crippen LogP contribution in [0.2, 0.25) is 0 Å². The van der Waals surface area contributed by atoms with Crippen LogP contribution in [0.1, 0.15) is 12.8 Å². The summed E-state index contributed by atoms with van der Waals surface area (Å²) in [4.78, 5) is 6.22. The lowest BCUT2D eigenvalue weighted by Crippen LogP contribution is -2.57. The Bertz CT molecular complexity index is 567. The van der Waals surface area contributed by atoms with Gasteiger partial charge in [-0.15, -0.1) is 0 Å². The fourth-order valence-corrected chi connectivity index (χ4v) is 4.35. The zero-order valence-electron chi connectivity index (χ0n) is 10.6. The fourth-order valence-electron chi connectivity index (χ4n) is 2.98. The molecule has 2 bridgehead atoms. The monoisotopic (exact) mass is 282 g/mol. The van der Waals surface area contributed by atoms with E-state index in [0.29, 0.717) is 5.92 Å². The molecule has 104 valence electrons. The van der Waals surface area contributed by atoms with Gasteiger partial charge in [0.25, 0.3) is 0 Å². The molecule has 3 aliphatic rings. The number of nitrogens with one attached hydrogen (secondary N) is 1.